The number of nitrogens with two attached hydrogens (primary N) is 1. The lowest BCUT2D eigenvalue weighted by atomic mass is 10.0. The van der Waals surface area contributed by atoms with E-state index in [0.29, 0.717) is 31.3 Å². The summed E-state index contributed by atoms with van der Waals surface area (Å²) in [6.07, 6.45) is 4.28. The summed E-state index contributed by atoms with van der Waals surface area (Å²) < 4.78 is 11.2. The smallest absolute Gasteiger partial charge is 0.252 e. The fourth-order valence-corrected chi connectivity index (χ4v) is 4.62. The van der Waals surface area contributed by atoms with Crippen LogP contribution in [0.25, 0.3) is 0 Å². The monoisotopic (exact) mass is 707 g/mol. The molecule has 1 fully saturated rings. The molecule has 0 aromatic heterocycles. The Kier molecular flexibility index (Phi) is 21.1. The Morgan fingerprint density at radius 2 is 1.56 bits per heavy atom. The lowest BCUT2D eigenvalue weighted by Crippen LogP contribution is -2.35. The Morgan fingerprint density at radius 1 is 0.896 bits per heavy atom. The van der Waals surface area contributed by atoms with E-state index in [0.717, 1.165) is 44.1 Å². The van der Waals surface area contributed by atoms with Gasteiger partial charge in [0.15, 0.2) is 0 Å². The summed E-state index contributed by atoms with van der Waals surface area (Å²) in [6, 6.07) is 23.3. The highest BCUT2D eigenvalue weighted by Gasteiger charge is 2.21. The van der Waals surface area contributed by atoms with Crippen molar-refractivity contribution in [1.29, 1.82) is 0 Å². The molecule has 11 heteroatoms. The molecule has 3 aromatic carbocycles. The number of rotatable bonds is 19. The third-order valence-corrected chi connectivity index (χ3v) is 7.75. The number of aryl methyl sites for hydroxylation is 1. The number of hydrogen-bond acceptors (Lipinski definition) is 8. The normalized spacial score (nSPS) is 14.0. The van der Waals surface area contributed by atoms with Gasteiger partial charge in [-0.2, -0.15) is 0 Å². The topological polar surface area (TPSA) is 146 Å². The lowest BCUT2D eigenvalue weighted by Gasteiger charge is -2.18. The number of aromatic hydroxyl groups is 1. The second-order valence-electron chi connectivity index (χ2n) is 12.4. The van der Waals surface area contributed by atoms with Crippen molar-refractivity contribution in [3.05, 3.63) is 95.1 Å². The highest BCUT2D eigenvalue weighted by Crippen LogP contribution is 2.28. The first kappa shape index (κ1) is 43.1. The van der Waals surface area contributed by atoms with Crippen LogP contribution in [0, 0.1) is 5.92 Å². The van der Waals surface area contributed by atoms with E-state index in [1.54, 1.807) is 6.07 Å². The number of halogens is 2. The zero-order valence-electron chi connectivity index (χ0n) is 28.3. The van der Waals surface area contributed by atoms with Crippen LogP contribution in [-0.4, -0.2) is 72.3 Å². The van der Waals surface area contributed by atoms with Crippen LogP contribution in [0.15, 0.2) is 72.8 Å². The molecule has 3 atom stereocenters. The predicted molar refractivity (Wildman–Crippen MR) is 197 cm³/mol. The van der Waals surface area contributed by atoms with Gasteiger partial charge in [-0.25, -0.2) is 0 Å². The highest BCUT2D eigenvalue weighted by molar-refractivity contribution is 5.95. The van der Waals surface area contributed by atoms with E-state index in [2.05, 4.69) is 55.7 Å². The van der Waals surface area contributed by atoms with E-state index in [9.17, 15) is 20.1 Å². The Bertz CT molecular complexity index is 1300. The molecular formula is C37H55Cl2N3O6. The maximum Gasteiger partial charge on any atom is 0.252 e. The average Bonchev–Trinajstić information content (AvgIpc) is 3.88. The Hall–Kier alpha value is -2.89. The fraction of sp³-hybridized carbons (Fsp3) is 0.486. The standard InChI is InChI=1S/C19H24N2O3.C18H29NO3.2ClH/c1-13(7-8-14-5-3-2-4-6-14)21-12-18(23)15-9-10-17(22)16(11-15)19(20)24;1-14(2)19-11-17(20)13-22-18-7-5-15(6-8-18)9-10-21-12-16-3-4-16;;/h2-6,9-11,13,18,21-23H,7-8,12H2,1H3,(H2,20,24);5-8,14,16-17,19-20H,3-4,9-13H2,1-2H3;2*1H/t;17-;;/m.0../s1. The molecule has 1 saturated carbocycles. The van der Waals surface area contributed by atoms with Gasteiger partial charge in [-0.05, 0) is 85.9 Å². The number of ether oxygens (including phenoxy) is 2. The molecule has 1 amide bonds. The summed E-state index contributed by atoms with van der Waals surface area (Å²) in [7, 11) is 0. The Morgan fingerprint density at radius 3 is 2.19 bits per heavy atom. The van der Waals surface area contributed by atoms with Crippen LogP contribution in [0.5, 0.6) is 11.5 Å². The largest absolute Gasteiger partial charge is 0.507 e. The molecule has 0 bridgehead atoms. The molecule has 2 unspecified atom stereocenters. The second-order valence-corrected chi connectivity index (χ2v) is 12.4. The van der Waals surface area contributed by atoms with Crippen molar-refractivity contribution in [2.75, 3.05) is 32.9 Å². The number of carbonyl (C=O) groups is 1. The van der Waals surface area contributed by atoms with Crippen LogP contribution in [0.4, 0.5) is 0 Å². The molecule has 268 valence electrons. The molecule has 0 radical (unpaired) electrons. The zero-order chi connectivity index (χ0) is 33.3. The second kappa shape index (κ2) is 23.5. The SMILES string of the molecule is CC(C)NC[C@H](O)COc1ccc(CCOCC2CC2)cc1.CC(CCc1ccccc1)NCC(O)c1ccc(O)c(C(N)=O)c1.Cl.Cl. The lowest BCUT2D eigenvalue weighted by molar-refractivity contribution is 0.0997. The molecule has 1 aliphatic rings. The molecule has 0 saturated heterocycles. The summed E-state index contributed by atoms with van der Waals surface area (Å²) in [4.78, 5) is 11.2. The van der Waals surface area contributed by atoms with E-state index >= 15 is 0 Å². The fourth-order valence-electron chi connectivity index (χ4n) is 4.62. The van der Waals surface area contributed by atoms with Crippen LogP contribution < -0.4 is 21.1 Å². The molecule has 1 aliphatic carbocycles. The van der Waals surface area contributed by atoms with E-state index in [4.69, 9.17) is 15.2 Å². The number of aliphatic hydroxyl groups excluding tert-OH is 2. The first-order chi connectivity index (χ1) is 22.1. The third-order valence-electron chi connectivity index (χ3n) is 7.75. The van der Waals surface area contributed by atoms with Crippen molar-refractivity contribution in [2.45, 2.75) is 77.2 Å². The van der Waals surface area contributed by atoms with Gasteiger partial charge in [0, 0.05) is 31.8 Å². The summed E-state index contributed by atoms with van der Waals surface area (Å²) in [5.74, 6) is 0.729. The predicted octanol–water partition coefficient (Wildman–Crippen LogP) is 5.37. The quantitative estimate of drug-likeness (QED) is 0.0912. The molecule has 48 heavy (non-hydrogen) atoms. The third kappa shape index (κ3) is 17.5. The first-order valence-corrected chi connectivity index (χ1v) is 16.4. The van der Waals surface area contributed by atoms with Gasteiger partial charge in [-0.15, -0.1) is 24.8 Å². The number of nitrogens with one attached hydrogen (secondary N) is 2. The molecule has 0 aliphatic heterocycles. The number of phenols is 1. The van der Waals surface area contributed by atoms with Crippen molar-refractivity contribution in [3.8, 4) is 11.5 Å². The van der Waals surface area contributed by atoms with Gasteiger partial charge in [0.25, 0.3) is 5.91 Å². The molecule has 0 spiro atoms. The summed E-state index contributed by atoms with van der Waals surface area (Å²) in [5, 5.41) is 36.1. The van der Waals surface area contributed by atoms with Crippen LogP contribution in [0.1, 0.15) is 73.2 Å². The minimum absolute atomic E-state index is 0. The number of hydrogen-bond donors (Lipinski definition) is 6. The van der Waals surface area contributed by atoms with Crippen molar-refractivity contribution < 1.29 is 29.6 Å². The molecule has 7 N–H and O–H groups in total. The maximum atomic E-state index is 11.2. The van der Waals surface area contributed by atoms with Gasteiger partial charge in [0.1, 0.15) is 24.2 Å². The van der Waals surface area contributed by atoms with Gasteiger partial charge >= 0.3 is 0 Å². The minimum Gasteiger partial charge on any atom is -0.507 e. The van der Waals surface area contributed by atoms with Gasteiger partial charge in [-0.1, -0.05) is 62.4 Å². The Labute approximate surface area is 298 Å². The Balaban J connectivity index is 0.000000462. The number of aliphatic hydroxyl groups is 2. The van der Waals surface area contributed by atoms with Crippen LogP contribution in [-0.2, 0) is 17.6 Å². The summed E-state index contributed by atoms with van der Waals surface area (Å²) in [6.45, 7) is 9.11. The van der Waals surface area contributed by atoms with Crippen molar-refractivity contribution >= 4 is 30.7 Å². The zero-order valence-corrected chi connectivity index (χ0v) is 30.0. The van der Waals surface area contributed by atoms with Crippen LogP contribution in [0.2, 0.25) is 0 Å². The molecule has 0 heterocycles. The molecule has 9 nitrogen and oxygen atoms in total. The highest BCUT2D eigenvalue weighted by atomic mass is 35.5. The van der Waals surface area contributed by atoms with Crippen LogP contribution >= 0.6 is 24.8 Å². The van der Waals surface area contributed by atoms with Crippen LogP contribution in [0.3, 0.4) is 0 Å². The van der Waals surface area contributed by atoms with E-state index in [-0.39, 0.29) is 42.2 Å². The number of benzene rings is 3. The molecule has 3 aromatic rings. The number of primary amides is 1. The van der Waals surface area contributed by atoms with E-state index in [1.807, 2.05) is 30.3 Å². The van der Waals surface area contributed by atoms with Gasteiger partial charge in [-0.3, -0.25) is 4.79 Å². The maximum absolute atomic E-state index is 11.2. The van der Waals surface area contributed by atoms with Crippen molar-refractivity contribution in [1.82, 2.24) is 10.6 Å². The summed E-state index contributed by atoms with van der Waals surface area (Å²) >= 11 is 0. The average molecular weight is 709 g/mol. The van der Waals surface area contributed by atoms with Gasteiger partial charge < -0.3 is 41.2 Å². The van der Waals surface area contributed by atoms with Gasteiger partial charge in [0.2, 0.25) is 0 Å². The molecular weight excluding hydrogens is 653 g/mol. The number of amides is 1. The van der Waals surface area contributed by atoms with Crippen molar-refractivity contribution in [3.63, 3.8) is 0 Å². The number of carbonyl (C=O) groups excluding carboxylic acids is 1. The van der Waals surface area contributed by atoms with E-state index < -0.39 is 18.1 Å². The molecule has 4 rings (SSSR count). The first-order valence-electron chi connectivity index (χ1n) is 16.4. The summed E-state index contributed by atoms with van der Waals surface area (Å²) in [5.41, 5.74) is 8.31. The minimum atomic E-state index is -0.775. The van der Waals surface area contributed by atoms with Gasteiger partial charge in [0.05, 0.1) is 18.3 Å². The van der Waals surface area contributed by atoms with Crippen molar-refractivity contribution in [2.24, 2.45) is 11.7 Å². The van der Waals surface area contributed by atoms with E-state index in [1.165, 1.54) is 36.1 Å².